The van der Waals surface area contributed by atoms with E-state index in [9.17, 15) is 4.79 Å². The molecule has 2 aromatic rings. The van der Waals surface area contributed by atoms with Crippen LogP contribution >= 0.6 is 11.8 Å². The van der Waals surface area contributed by atoms with Gasteiger partial charge in [0.05, 0.1) is 26.4 Å². The normalized spacial score (nSPS) is 21.4. The Morgan fingerprint density at radius 3 is 2.95 bits per heavy atom. The Morgan fingerprint density at radius 2 is 2.27 bits per heavy atom. The Bertz CT molecular complexity index is 703. The van der Waals surface area contributed by atoms with Gasteiger partial charge in [-0.15, -0.1) is 0 Å². The predicted molar refractivity (Wildman–Crippen MR) is 81.3 cm³/mol. The van der Waals surface area contributed by atoms with Gasteiger partial charge in [0, 0.05) is 18.7 Å². The second-order valence-electron chi connectivity index (χ2n) is 4.91. The van der Waals surface area contributed by atoms with Gasteiger partial charge in [-0.1, -0.05) is 11.8 Å². The standard InChI is InChI=1S/C14H17N3O4S/c1-19-11-7-21-6-10(11)17-9(13(18)20-2)4-8-5-15-14(22-3)16-12(8)17/h4-5,10-11H,6-7H2,1-3H3/t10-,11+/m1/s1. The van der Waals surface area contributed by atoms with Crippen LogP contribution < -0.4 is 0 Å². The third-order valence-corrected chi connectivity index (χ3v) is 4.33. The zero-order valence-electron chi connectivity index (χ0n) is 12.6. The van der Waals surface area contributed by atoms with Crippen molar-refractivity contribution >= 4 is 28.8 Å². The molecule has 0 aliphatic carbocycles. The highest BCUT2D eigenvalue weighted by Gasteiger charge is 2.34. The molecule has 2 atom stereocenters. The van der Waals surface area contributed by atoms with Gasteiger partial charge in [0.25, 0.3) is 0 Å². The molecule has 118 valence electrons. The van der Waals surface area contributed by atoms with E-state index in [-0.39, 0.29) is 12.1 Å². The molecule has 1 aliphatic rings. The van der Waals surface area contributed by atoms with Gasteiger partial charge in [-0.3, -0.25) is 0 Å². The van der Waals surface area contributed by atoms with Crippen molar-refractivity contribution in [3.63, 3.8) is 0 Å². The summed E-state index contributed by atoms with van der Waals surface area (Å²) in [7, 11) is 3.00. The fraction of sp³-hybridized carbons (Fsp3) is 0.500. The van der Waals surface area contributed by atoms with E-state index in [2.05, 4.69) is 9.97 Å². The number of hydrogen-bond donors (Lipinski definition) is 0. The number of aromatic nitrogens is 3. The van der Waals surface area contributed by atoms with Crippen molar-refractivity contribution in [1.29, 1.82) is 0 Å². The summed E-state index contributed by atoms with van der Waals surface area (Å²) in [6.07, 6.45) is 3.49. The van der Waals surface area contributed by atoms with E-state index in [4.69, 9.17) is 14.2 Å². The molecule has 0 amide bonds. The highest BCUT2D eigenvalue weighted by atomic mass is 32.2. The molecule has 2 aromatic heterocycles. The summed E-state index contributed by atoms with van der Waals surface area (Å²) in [5, 5.41) is 1.44. The lowest BCUT2D eigenvalue weighted by Crippen LogP contribution is -2.27. The van der Waals surface area contributed by atoms with E-state index >= 15 is 0 Å². The number of rotatable bonds is 4. The summed E-state index contributed by atoms with van der Waals surface area (Å²) in [6.45, 7) is 0.951. The van der Waals surface area contributed by atoms with E-state index in [1.807, 2.05) is 10.8 Å². The Kier molecular flexibility index (Phi) is 4.32. The van der Waals surface area contributed by atoms with Crippen LogP contribution in [-0.2, 0) is 14.2 Å². The smallest absolute Gasteiger partial charge is 0.354 e. The molecule has 0 N–H and O–H groups in total. The average Bonchev–Trinajstić information content (AvgIpc) is 3.16. The van der Waals surface area contributed by atoms with Crippen molar-refractivity contribution in [3.05, 3.63) is 18.0 Å². The number of esters is 1. The van der Waals surface area contributed by atoms with Gasteiger partial charge in [0.1, 0.15) is 17.4 Å². The first-order valence-electron chi connectivity index (χ1n) is 6.80. The summed E-state index contributed by atoms with van der Waals surface area (Å²) < 4.78 is 17.7. The van der Waals surface area contributed by atoms with E-state index in [1.165, 1.54) is 18.9 Å². The zero-order chi connectivity index (χ0) is 15.7. The SMILES string of the molecule is COC(=O)c1cc2cnc(SC)nc2n1[C@@H]1COC[C@@H]1OC. The quantitative estimate of drug-likeness (QED) is 0.480. The molecule has 1 saturated heterocycles. The summed E-state index contributed by atoms with van der Waals surface area (Å²) in [6, 6.07) is 1.62. The molecule has 0 unspecified atom stereocenters. The molecule has 1 fully saturated rings. The minimum atomic E-state index is -0.412. The van der Waals surface area contributed by atoms with E-state index in [0.717, 1.165) is 5.39 Å². The second kappa shape index (κ2) is 6.23. The zero-order valence-corrected chi connectivity index (χ0v) is 13.4. The summed E-state index contributed by atoms with van der Waals surface area (Å²) in [4.78, 5) is 20.9. The highest BCUT2D eigenvalue weighted by Crippen LogP contribution is 2.30. The molecule has 7 nitrogen and oxygen atoms in total. The Morgan fingerprint density at radius 1 is 1.45 bits per heavy atom. The molecule has 3 heterocycles. The van der Waals surface area contributed by atoms with E-state index < -0.39 is 5.97 Å². The predicted octanol–water partition coefficient (Wildman–Crippen LogP) is 1.53. The number of fused-ring (bicyclic) bond motifs is 1. The fourth-order valence-electron chi connectivity index (χ4n) is 2.68. The number of methoxy groups -OCH3 is 2. The van der Waals surface area contributed by atoms with Crippen LogP contribution in [0.25, 0.3) is 11.0 Å². The topological polar surface area (TPSA) is 75.5 Å². The largest absolute Gasteiger partial charge is 0.464 e. The van der Waals surface area contributed by atoms with Crippen LogP contribution in [-0.4, -0.2) is 60.3 Å². The first-order valence-corrected chi connectivity index (χ1v) is 8.03. The van der Waals surface area contributed by atoms with Crippen LogP contribution in [0.2, 0.25) is 0 Å². The lowest BCUT2D eigenvalue weighted by atomic mass is 10.2. The molecule has 0 aromatic carbocycles. The van der Waals surface area contributed by atoms with Crippen LogP contribution in [0, 0.1) is 0 Å². The van der Waals surface area contributed by atoms with Gasteiger partial charge in [-0.2, -0.15) is 0 Å². The van der Waals surface area contributed by atoms with E-state index in [0.29, 0.717) is 29.7 Å². The van der Waals surface area contributed by atoms with Crippen LogP contribution in [0.1, 0.15) is 16.5 Å². The number of nitrogens with zero attached hydrogens (tertiary/aromatic N) is 3. The Balaban J connectivity index is 2.20. The maximum absolute atomic E-state index is 12.1. The number of ether oxygens (including phenoxy) is 3. The lowest BCUT2D eigenvalue weighted by Gasteiger charge is -2.20. The lowest BCUT2D eigenvalue weighted by molar-refractivity contribution is 0.0559. The summed E-state index contributed by atoms with van der Waals surface area (Å²) in [5.41, 5.74) is 1.12. The molecule has 22 heavy (non-hydrogen) atoms. The number of thioether (sulfide) groups is 1. The van der Waals surface area contributed by atoms with Crippen LogP contribution in [0.3, 0.4) is 0 Å². The number of hydrogen-bond acceptors (Lipinski definition) is 7. The minimum Gasteiger partial charge on any atom is -0.464 e. The molecule has 3 rings (SSSR count). The maximum atomic E-state index is 12.1. The molecule has 0 radical (unpaired) electrons. The molecule has 0 spiro atoms. The highest BCUT2D eigenvalue weighted by molar-refractivity contribution is 7.98. The molecular weight excluding hydrogens is 306 g/mol. The van der Waals surface area contributed by atoms with Crippen LogP contribution in [0.15, 0.2) is 17.4 Å². The van der Waals surface area contributed by atoms with Gasteiger partial charge in [-0.05, 0) is 12.3 Å². The number of carbonyl (C=O) groups excluding carboxylic acids is 1. The first kappa shape index (κ1) is 15.3. The average molecular weight is 323 g/mol. The monoisotopic (exact) mass is 323 g/mol. The second-order valence-corrected chi connectivity index (χ2v) is 5.68. The Labute approximate surface area is 132 Å². The van der Waals surface area contributed by atoms with Crippen LogP contribution in [0.4, 0.5) is 0 Å². The van der Waals surface area contributed by atoms with Gasteiger partial charge < -0.3 is 18.8 Å². The molecule has 8 heteroatoms. The van der Waals surface area contributed by atoms with Gasteiger partial charge in [0.2, 0.25) is 0 Å². The van der Waals surface area contributed by atoms with Crippen LogP contribution in [0.5, 0.6) is 0 Å². The minimum absolute atomic E-state index is 0.124. The van der Waals surface area contributed by atoms with Crippen molar-refractivity contribution < 1.29 is 19.0 Å². The fourth-order valence-corrected chi connectivity index (χ4v) is 3.01. The first-order chi connectivity index (χ1) is 10.7. The van der Waals surface area contributed by atoms with Crippen molar-refractivity contribution in [3.8, 4) is 0 Å². The summed E-state index contributed by atoms with van der Waals surface area (Å²) >= 11 is 1.45. The van der Waals surface area contributed by atoms with Gasteiger partial charge in [-0.25, -0.2) is 14.8 Å². The van der Waals surface area contributed by atoms with Crippen molar-refractivity contribution in [2.24, 2.45) is 0 Å². The number of carbonyl (C=O) groups is 1. The van der Waals surface area contributed by atoms with E-state index in [1.54, 1.807) is 19.4 Å². The van der Waals surface area contributed by atoms with Crippen molar-refractivity contribution in [2.45, 2.75) is 17.3 Å². The van der Waals surface area contributed by atoms with Gasteiger partial charge in [0.15, 0.2) is 5.16 Å². The molecule has 0 bridgehead atoms. The molecular formula is C14H17N3O4S. The van der Waals surface area contributed by atoms with Crippen molar-refractivity contribution in [2.75, 3.05) is 33.7 Å². The molecule has 1 aliphatic heterocycles. The third-order valence-electron chi connectivity index (χ3n) is 3.77. The Hall–Kier alpha value is -1.64. The molecule has 0 saturated carbocycles. The van der Waals surface area contributed by atoms with Crippen molar-refractivity contribution in [1.82, 2.24) is 14.5 Å². The third kappa shape index (κ3) is 2.47. The summed E-state index contributed by atoms with van der Waals surface area (Å²) in [5.74, 6) is -0.412. The van der Waals surface area contributed by atoms with Gasteiger partial charge >= 0.3 is 5.97 Å². The maximum Gasteiger partial charge on any atom is 0.354 e.